The molecular formula is C12H14N4O. The van der Waals surface area contributed by atoms with Gasteiger partial charge in [0.15, 0.2) is 0 Å². The summed E-state index contributed by atoms with van der Waals surface area (Å²) >= 11 is 0. The van der Waals surface area contributed by atoms with Gasteiger partial charge in [-0.3, -0.25) is 4.79 Å². The van der Waals surface area contributed by atoms with Crippen LogP contribution in [-0.4, -0.2) is 12.5 Å². The van der Waals surface area contributed by atoms with Crippen LogP contribution in [0.4, 0.5) is 11.4 Å². The number of nitrogens with zero attached hydrogens (tertiary/aromatic N) is 4. The maximum Gasteiger partial charge on any atom is 0.226 e. The number of aryl methyl sites for hydroxylation is 1. The fraction of sp³-hybridized carbons (Fsp3) is 0.417. The molecule has 1 amide bonds. The zero-order valence-corrected chi connectivity index (χ0v) is 9.76. The van der Waals surface area contributed by atoms with Crippen LogP contribution < -0.4 is 4.90 Å². The molecule has 0 saturated heterocycles. The van der Waals surface area contributed by atoms with Gasteiger partial charge in [-0.1, -0.05) is 24.2 Å². The predicted octanol–water partition coefficient (Wildman–Crippen LogP) is 3.32. The van der Waals surface area contributed by atoms with E-state index in [1.54, 1.807) is 17.0 Å². The average Bonchev–Trinajstić information content (AvgIpc) is 2.37. The number of anilines is 1. The zero-order valence-electron chi connectivity index (χ0n) is 9.76. The standard InChI is InChI=1S/C12H14N4O/c1-2-12(17)16-7-3-4-9-5-6-10(14-15-13)8-11(9)16/h5-6,8H,2-4,7H2,1H3. The summed E-state index contributed by atoms with van der Waals surface area (Å²) in [5.41, 5.74) is 11.0. The van der Waals surface area contributed by atoms with Crippen molar-refractivity contribution in [3.8, 4) is 0 Å². The Labute approximate surface area is 99.7 Å². The van der Waals surface area contributed by atoms with Crippen LogP contribution in [-0.2, 0) is 11.2 Å². The van der Waals surface area contributed by atoms with E-state index >= 15 is 0 Å². The van der Waals surface area contributed by atoms with Gasteiger partial charge in [-0.05, 0) is 30.0 Å². The molecule has 17 heavy (non-hydrogen) atoms. The van der Waals surface area contributed by atoms with E-state index in [0.29, 0.717) is 12.1 Å². The Morgan fingerprint density at radius 3 is 3.12 bits per heavy atom. The number of rotatable bonds is 2. The van der Waals surface area contributed by atoms with Gasteiger partial charge in [0.1, 0.15) is 0 Å². The Morgan fingerprint density at radius 2 is 2.41 bits per heavy atom. The third-order valence-electron chi connectivity index (χ3n) is 2.95. The van der Waals surface area contributed by atoms with Crippen LogP contribution in [0.3, 0.4) is 0 Å². The number of azide groups is 1. The number of amides is 1. The summed E-state index contributed by atoms with van der Waals surface area (Å²) in [6.45, 7) is 2.60. The summed E-state index contributed by atoms with van der Waals surface area (Å²) in [4.78, 5) is 16.4. The van der Waals surface area contributed by atoms with Crippen LogP contribution in [0.2, 0.25) is 0 Å². The summed E-state index contributed by atoms with van der Waals surface area (Å²) in [5, 5.41) is 3.58. The Kier molecular flexibility index (Phi) is 3.30. The second kappa shape index (κ2) is 4.89. The first-order valence-corrected chi connectivity index (χ1v) is 5.74. The van der Waals surface area contributed by atoms with E-state index in [4.69, 9.17) is 5.53 Å². The Balaban J connectivity index is 2.43. The zero-order chi connectivity index (χ0) is 12.3. The second-order valence-corrected chi connectivity index (χ2v) is 4.00. The van der Waals surface area contributed by atoms with Gasteiger partial charge in [-0.2, -0.15) is 0 Å². The molecule has 0 atom stereocenters. The van der Waals surface area contributed by atoms with Gasteiger partial charge in [0.05, 0.1) is 0 Å². The van der Waals surface area contributed by atoms with Crippen LogP contribution in [0, 0.1) is 0 Å². The van der Waals surface area contributed by atoms with E-state index in [-0.39, 0.29) is 5.91 Å². The number of benzene rings is 1. The van der Waals surface area contributed by atoms with Crippen LogP contribution in [0.15, 0.2) is 23.3 Å². The number of hydrogen-bond acceptors (Lipinski definition) is 2. The lowest BCUT2D eigenvalue weighted by molar-refractivity contribution is -0.118. The van der Waals surface area contributed by atoms with E-state index in [0.717, 1.165) is 30.6 Å². The van der Waals surface area contributed by atoms with Gasteiger partial charge >= 0.3 is 0 Å². The van der Waals surface area contributed by atoms with E-state index in [2.05, 4.69) is 10.0 Å². The summed E-state index contributed by atoms with van der Waals surface area (Å²) in [5.74, 6) is 0.115. The minimum atomic E-state index is 0.115. The molecule has 0 aromatic heterocycles. The van der Waals surface area contributed by atoms with Crippen LogP contribution in [0.5, 0.6) is 0 Å². The minimum absolute atomic E-state index is 0.115. The molecule has 0 radical (unpaired) electrons. The highest BCUT2D eigenvalue weighted by atomic mass is 16.2. The minimum Gasteiger partial charge on any atom is -0.312 e. The SMILES string of the molecule is CCC(=O)N1CCCc2ccc(N=[N+]=[N-])cc21. The second-order valence-electron chi connectivity index (χ2n) is 4.00. The molecule has 0 spiro atoms. The first-order valence-electron chi connectivity index (χ1n) is 5.74. The molecule has 1 aromatic rings. The van der Waals surface area contributed by atoms with Crippen molar-refractivity contribution in [1.82, 2.24) is 0 Å². The molecule has 0 unspecified atom stereocenters. The average molecular weight is 230 g/mol. The highest BCUT2D eigenvalue weighted by molar-refractivity contribution is 5.94. The number of hydrogen-bond donors (Lipinski definition) is 0. The molecular weight excluding hydrogens is 216 g/mol. The van der Waals surface area contributed by atoms with Crippen molar-refractivity contribution in [2.45, 2.75) is 26.2 Å². The molecule has 2 rings (SSSR count). The quantitative estimate of drug-likeness (QED) is 0.436. The van der Waals surface area contributed by atoms with Gasteiger partial charge < -0.3 is 4.90 Å². The van der Waals surface area contributed by atoms with Crippen LogP contribution >= 0.6 is 0 Å². The van der Waals surface area contributed by atoms with E-state index in [1.807, 2.05) is 13.0 Å². The van der Waals surface area contributed by atoms with Crippen molar-refractivity contribution in [3.63, 3.8) is 0 Å². The van der Waals surface area contributed by atoms with Crippen LogP contribution in [0.25, 0.3) is 10.4 Å². The molecule has 1 heterocycles. The molecule has 0 fully saturated rings. The normalized spacial score (nSPS) is 13.8. The smallest absolute Gasteiger partial charge is 0.226 e. The highest BCUT2D eigenvalue weighted by Crippen LogP contribution is 2.31. The van der Waals surface area contributed by atoms with Crippen molar-refractivity contribution in [1.29, 1.82) is 0 Å². The molecule has 88 valence electrons. The fourth-order valence-corrected chi connectivity index (χ4v) is 2.13. The Bertz CT molecular complexity index is 491. The maximum atomic E-state index is 11.8. The fourth-order valence-electron chi connectivity index (χ4n) is 2.13. The first-order chi connectivity index (χ1) is 8.26. The molecule has 0 aliphatic carbocycles. The highest BCUT2D eigenvalue weighted by Gasteiger charge is 2.21. The first kappa shape index (κ1) is 11.5. The molecule has 0 N–H and O–H groups in total. The van der Waals surface area contributed by atoms with E-state index in [1.165, 1.54) is 0 Å². The van der Waals surface area contributed by atoms with Crippen molar-refractivity contribution < 1.29 is 4.79 Å². The van der Waals surface area contributed by atoms with E-state index < -0.39 is 0 Å². The lowest BCUT2D eigenvalue weighted by atomic mass is 10.0. The number of carbonyl (C=O) groups is 1. The van der Waals surface area contributed by atoms with E-state index in [9.17, 15) is 4.79 Å². The topological polar surface area (TPSA) is 69.1 Å². The monoisotopic (exact) mass is 230 g/mol. The Morgan fingerprint density at radius 1 is 1.59 bits per heavy atom. The largest absolute Gasteiger partial charge is 0.312 e. The van der Waals surface area contributed by atoms with Crippen molar-refractivity contribution >= 4 is 17.3 Å². The van der Waals surface area contributed by atoms with Gasteiger partial charge in [0, 0.05) is 29.3 Å². The summed E-state index contributed by atoms with van der Waals surface area (Å²) in [6.07, 6.45) is 2.45. The van der Waals surface area contributed by atoms with Gasteiger partial charge in [-0.15, -0.1) is 0 Å². The molecule has 0 saturated carbocycles. The van der Waals surface area contributed by atoms with Crippen LogP contribution in [0.1, 0.15) is 25.3 Å². The predicted molar refractivity (Wildman–Crippen MR) is 66.2 cm³/mol. The maximum absolute atomic E-state index is 11.8. The number of carbonyl (C=O) groups excluding carboxylic acids is 1. The van der Waals surface area contributed by atoms with Crippen molar-refractivity contribution in [2.75, 3.05) is 11.4 Å². The molecule has 1 aliphatic rings. The third-order valence-corrected chi connectivity index (χ3v) is 2.95. The van der Waals surface area contributed by atoms with Gasteiger partial charge in [0.2, 0.25) is 5.91 Å². The molecule has 5 nitrogen and oxygen atoms in total. The third kappa shape index (κ3) is 2.24. The summed E-state index contributed by atoms with van der Waals surface area (Å²) in [7, 11) is 0. The molecule has 1 aromatic carbocycles. The summed E-state index contributed by atoms with van der Waals surface area (Å²) in [6, 6.07) is 5.52. The molecule has 1 aliphatic heterocycles. The van der Waals surface area contributed by atoms with Crippen molar-refractivity contribution in [2.24, 2.45) is 5.11 Å². The lowest BCUT2D eigenvalue weighted by Crippen LogP contribution is -2.34. The lowest BCUT2D eigenvalue weighted by Gasteiger charge is -2.29. The molecule has 0 bridgehead atoms. The Hall–Kier alpha value is -2.00. The number of fused-ring (bicyclic) bond motifs is 1. The van der Waals surface area contributed by atoms with Crippen molar-refractivity contribution in [3.05, 3.63) is 34.2 Å². The van der Waals surface area contributed by atoms with Gasteiger partial charge in [-0.25, -0.2) is 0 Å². The van der Waals surface area contributed by atoms with Gasteiger partial charge in [0.25, 0.3) is 0 Å². The molecule has 5 heteroatoms. The summed E-state index contributed by atoms with van der Waals surface area (Å²) < 4.78 is 0.